The number of nitrogens with zero attached hydrogens (tertiary/aromatic N) is 1. The molecule has 4 heteroatoms. The molecule has 1 aliphatic rings. The molecule has 31 heavy (non-hydrogen) atoms. The second-order valence-corrected chi connectivity index (χ2v) is 7.55. The van der Waals surface area contributed by atoms with E-state index in [0.717, 1.165) is 34.2 Å². The molecule has 0 bridgehead atoms. The highest BCUT2D eigenvalue weighted by Gasteiger charge is 2.40. The number of hydrogen-bond acceptors (Lipinski definition) is 3. The van der Waals surface area contributed by atoms with E-state index in [1.807, 2.05) is 60.7 Å². The normalized spacial score (nSPS) is 17.4. The lowest BCUT2D eigenvalue weighted by Crippen LogP contribution is -2.48. The fourth-order valence-electron chi connectivity index (χ4n) is 3.92. The Labute approximate surface area is 182 Å². The molecular weight excluding hydrogens is 384 g/mol. The zero-order valence-electron chi connectivity index (χ0n) is 17.3. The molecule has 0 aliphatic carbocycles. The quantitative estimate of drug-likeness (QED) is 0.297. The molecule has 2 atom stereocenters. The van der Waals surface area contributed by atoms with Gasteiger partial charge >= 0.3 is 6.23 Å². The molecule has 4 aromatic carbocycles. The van der Waals surface area contributed by atoms with Gasteiger partial charge in [0.2, 0.25) is 0 Å². The second kappa shape index (κ2) is 8.44. The number of para-hydroxylation sites is 6. The Kier molecular flexibility index (Phi) is 5.19. The highest BCUT2D eigenvalue weighted by Crippen LogP contribution is 2.42. The molecule has 1 heterocycles. The van der Waals surface area contributed by atoms with Crippen LogP contribution in [0.1, 0.15) is 6.92 Å². The van der Waals surface area contributed by atoms with E-state index in [9.17, 15) is 0 Å². The first-order chi connectivity index (χ1) is 15.3. The molecule has 2 unspecified atom stereocenters. The lowest BCUT2D eigenvalue weighted by atomic mass is 10.1. The van der Waals surface area contributed by atoms with Gasteiger partial charge in [-0.25, -0.2) is 0 Å². The van der Waals surface area contributed by atoms with Crippen LogP contribution in [0.5, 0.6) is 11.5 Å². The Morgan fingerprint density at radius 1 is 0.742 bits per heavy atom. The van der Waals surface area contributed by atoms with Gasteiger partial charge in [0, 0.05) is 17.4 Å². The van der Waals surface area contributed by atoms with Crippen molar-refractivity contribution in [3.63, 3.8) is 0 Å². The van der Waals surface area contributed by atoms with Crippen molar-refractivity contribution in [2.75, 3.05) is 10.2 Å². The number of nitrogens with one attached hydrogen (secondary N) is 1. The number of rotatable bonds is 5. The Balaban J connectivity index is 1.52. The molecule has 4 nitrogen and oxygen atoms in total. The third kappa shape index (κ3) is 3.92. The maximum absolute atomic E-state index is 6.27. The van der Waals surface area contributed by atoms with E-state index >= 15 is 0 Å². The minimum absolute atomic E-state index is 0.125. The van der Waals surface area contributed by atoms with Crippen molar-refractivity contribution in [2.24, 2.45) is 0 Å². The highest BCUT2D eigenvalue weighted by molar-refractivity contribution is 5.72. The molecule has 0 spiro atoms. The van der Waals surface area contributed by atoms with E-state index < -0.39 is 0 Å². The van der Waals surface area contributed by atoms with Crippen LogP contribution in [0, 0.1) is 0 Å². The molecule has 0 aromatic heterocycles. The van der Waals surface area contributed by atoms with Crippen LogP contribution in [-0.2, 0) is 0 Å². The van der Waals surface area contributed by atoms with E-state index in [1.54, 1.807) is 0 Å². The summed E-state index contributed by atoms with van der Waals surface area (Å²) in [4.78, 5) is 2.27. The highest BCUT2D eigenvalue weighted by atomic mass is 16.6. The maximum atomic E-state index is 6.27. The van der Waals surface area contributed by atoms with Crippen molar-refractivity contribution in [3.8, 4) is 11.5 Å². The third-order valence-electron chi connectivity index (χ3n) is 5.38. The van der Waals surface area contributed by atoms with Gasteiger partial charge in [-0.1, -0.05) is 60.7 Å². The van der Waals surface area contributed by atoms with Crippen molar-refractivity contribution in [1.82, 2.24) is 0 Å². The number of ether oxygens (including phenoxy) is 2. The van der Waals surface area contributed by atoms with Crippen LogP contribution in [0.15, 0.2) is 109 Å². The van der Waals surface area contributed by atoms with E-state index in [-0.39, 0.29) is 12.3 Å². The summed E-state index contributed by atoms with van der Waals surface area (Å²) in [6, 6.07) is 36.8. The number of anilines is 4. The van der Waals surface area contributed by atoms with Gasteiger partial charge in [-0.05, 0) is 49.4 Å². The minimum Gasteiger partial charge on any atom is -0.561 e. The van der Waals surface area contributed by atoms with Gasteiger partial charge < -0.3 is 14.8 Å². The molecule has 0 saturated heterocycles. The summed E-state index contributed by atoms with van der Waals surface area (Å²) in [5.74, 6) is 1.77. The van der Waals surface area contributed by atoms with Gasteiger partial charge in [0.1, 0.15) is 11.4 Å². The minimum atomic E-state index is -0.212. The molecule has 0 saturated carbocycles. The fourth-order valence-corrected chi connectivity index (χ4v) is 3.92. The monoisotopic (exact) mass is 409 g/mol. The molecule has 2 N–H and O–H groups in total. The first-order valence-corrected chi connectivity index (χ1v) is 10.5. The molecule has 0 fully saturated rings. The Hall–Kier alpha value is -3.92. The van der Waals surface area contributed by atoms with E-state index in [4.69, 9.17) is 9.47 Å². The number of aliphatic hydroxyl groups is 1. The summed E-state index contributed by atoms with van der Waals surface area (Å²) in [5.41, 5.74) is 4.11. The molecular formula is C27H25N2O2+. The number of aromatic hydroxyl groups is 1. The fraction of sp³-hybridized carbons (Fsp3) is 0.111. The van der Waals surface area contributed by atoms with E-state index in [2.05, 4.69) is 65.7 Å². The summed E-state index contributed by atoms with van der Waals surface area (Å²) in [6.45, 7) is 2.08. The van der Waals surface area contributed by atoms with Gasteiger partial charge in [-0.2, -0.15) is 0 Å². The van der Waals surface area contributed by atoms with Crippen LogP contribution >= 0.6 is 0 Å². The van der Waals surface area contributed by atoms with E-state index in [0.29, 0.717) is 0 Å². The summed E-state index contributed by atoms with van der Waals surface area (Å²) in [5, 5.41) is 3.50. The van der Waals surface area contributed by atoms with Crippen molar-refractivity contribution in [3.05, 3.63) is 109 Å². The zero-order valence-corrected chi connectivity index (χ0v) is 17.3. The maximum Gasteiger partial charge on any atom is 0.306 e. The van der Waals surface area contributed by atoms with Crippen LogP contribution in [0.25, 0.3) is 0 Å². The van der Waals surface area contributed by atoms with Crippen LogP contribution in [0.2, 0.25) is 0 Å². The van der Waals surface area contributed by atoms with Crippen LogP contribution in [-0.4, -0.2) is 17.1 Å². The number of benzene rings is 4. The standard InChI is InChI=1S/C27H24N2O2/c1-20-27(31-25-18-10-8-16-23(25)28-21-12-4-2-5-13-21)29(22-14-6-3-7-15-22)24-17-9-11-19-26(24)30-20/h2-20,27-28H,1H3/p+1. The lowest BCUT2D eigenvalue weighted by molar-refractivity contribution is -0.0739. The first-order valence-electron chi connectivity index (χ1n) is 10.5. The molecule has 4 aromatic rings. The number of fused-ring (bicyclic) bond motifs is 1. The van der Waals surface area contributed by atoms with Crippen molar-refractivity contribution >= 4 is 22.7 Å². The van der Waals surface area contributed by atoms with Crippen LogP contribution < -0.4 is 15.0 Å². The van der Waals surface area contributed by atoms with Gasteiger partial charge in [0.15, 0.2) is 6.10 Å². The number of hydrogen-bond donors (Lipinski definition) is 1. The van der Waals surface area contributed by atoms with Crippen molar-refractivity contribution < 1.29 is 9.47 Å². The molecule has 0 amide bonds. The van der Waals surface area contributed by atoms with E-state index in [1.165, 1.54) is 0 Å². The smallest absolute Gasteiger partial charge is 0.306 e. The molecule has 0 radical (unpaired) electrons. The van der Waals surface area contributed by atoms with Gasteiger partial charge in [0.25, 0.3) is 5.75 Å². The SMILES string of the molecule is CC1Oc2ccccc2N(c2ccccc2)C1[OH+]c1ccccc1Nc1ccccc1. The third-order valence-corrected chi connectivity index (χ3v) is 5.38. The summed E-state index contributed by atoms with van der Waals surface area (Å²) in [6.07, 6.45) is -0.337. The molecule has 5 rings (SSSR count). The van der Waals surface area contributed by atoms with Crippen LogP contribution in [0.3, 0.4) is 0 Å². The predicted molar refractivity (Wildman–Crippen MR) is 127 cm³/mol. The zero-order chi connectivity index (χ0) is 21.0. The van der Waals surface area contributed by atoms with Gasteiger partial charge in [0.05, 0.1) is 5.69 Å². The summed E-state index contributed by atoms with van der Waals surface area (Å²) >= 11 is 0. The van der Waals surface area contributed by atoms with Crippen molar-refractivity contribution in [2.45, 2.75) is 19.3 Å². The Bertz CT molecular complexity index is 1150. The Morgan fingerprint density at radius 2 is 1.39 bits per heavy atom. The van der Waals surface area contributed by atoms with Crippen LogP contribution in [0.4, 0.5) is 22.7 Å². The largest absolute Gasteiger partial charge is 0.561 e. The van der Waals surface area contributed by atoms with Gasteiger partial charge in [-0.15, -0.1) is 0 Å². The predicted octanol–water partition coefficient (Wildman–Crippen LogP) is 6.62. The lowest BCUT2D eigenvalue weighted by Gasteiger charge is -2.39. The Morgan fingerprint density at radius 3 is 2.19 bits per heavy atom. The average Bonchev–Trinajstić information content (AvgIpc) is 2.82. The first kappa shape index (κ1) is 19.1. The topological polar surface area (TPSA) is 37.3 Å². The summed E-state index contributed by atoms with van der Waals surface area (Å²) < 4.78 is 11.5. The molecule has 1 aliphatic heterocycles. The summed E-state index contributed by atoms with van der Waals surface area (Å²) in [7, 11) is 0. The average molecular weight is 410 g/mol. The molecule has 154 valence electrons. The van der Waals surface area contributed by atoms with Gasteiger partial charge in [-0.3, -0.25) is 4.90 Å². The van der Waals surface area contributed by atoms with Crippen molar-refractivity contribution in [1.29, 1.82) is 0 Å². The second-order valence-electron chi connectivity index (χ2n) is 7.55.